The summed E-state index contributed by atoms with van der Waals surface area (Å²) < 4.78 is 76.0. The maximum absolute atomic E-state index is 14.3. The largest absolute Gasteiger partial charge is 0.467 e. The van der Waals surface area contributed by atoms with Gasteiger partial charge in [0.15, 0.2) is 0 Å². The van der Waals surface area contributed by atoms with Crippen molar-refractivity contribution in [3.05, 3.63) is 156 Å². The van der Waals surface area contributed by atoms with Crippen LogP contribution < -0.4 is 4.18 Å². The second-order valence-electron chi connectivity index (χ2n) is 9.74. The van der Waals surface area contributed by atoms with E-state index in [2.05, 4.69) is 0 Å². The Kier molecular flexibility index (Phi) is 8.68. The van der Waals surface area contributed by atoms with Crippen molar-refractivity contribution in [3.63, 3.8) is 0 Å². The molecule has 1 amide bonds. The molecule has 0 aliphatic rings. The van der Waals surface area contributed by atoms with Gasteiger partial charge in [-0.2, -0.15) is 21.6 Å². The van der Waals surface area contributed by atoms with E-state index in [0.29, 0.717) is 17.4 Å². The van der Waals surface area contributed by atoms with Crippen LogP contribution in [-0.2, 0) is 34.2 Å². The van der Waals surface area contributed by atoms with Crippen molar-refractivity contribution in [2.24, 2.45) is 0 Å². The van der Waals surface area contributed by atoms with E-state index in [4.69, 9.17) is 8.60 Å². The van der Waals surface area contributed by atoms with E-state index in [-0.39, 0.29) is 24.7 Å². The van der Waals surface area contributed by atoms with Crippen LogP contribution in [0.4, 0.5) is 13.2 Å². The van der Waals surface area contributed by atoms with Gasteiger partial charge in [0.1, 0.15) is 16.4 Å². The van der Waals surface area contributed by atoms with Crippen molar-refractivity contribution in [2.75, 3.05) is 0 Å². The highest BCUT2D eigenvalue weighted by molar-refractivity contribution is 7.87. The lowest BCUT2D eigenvalue weighted by Gasteiger charge is -2.28. The highest BCUT2D eigenvalue weighted by atomic mass is 32.2. The Labute approximate surface area is 247 Å². The Morgan fingerprint density at radius 1 is 0.767 bits per heavy atom. The summed E-state index contributed by atoms with van der Waals surface area (Å²) in [6.07, 6.45) is -3.20. The van der Waals surface area contributed by atoms with Gasteiger partial charge in [-0.15, -0.1) is 0 Å². The maximum atomic E-state index is 14.3. The average Bonchev–Trinajstić information content (AvgIpc) is 3.51. The maximum Gasteiger partial charge on any atom is 0.416 e. The van der Waals surface area contributed by atoms with Crippen molar-refractivity contribution in [2.45, 2.75) is 30.1 Å². The molecule has 6 nitrogen and oxygen atoms in total. The third kappa shape index (κ3) is 7.34. The van der Waals surface area contributed by atoms with Crippen molar-refractivity contribution in [3.8, 4) is 5.75 Å². The van der Waals surface area contributed by atoms with Gasteiger partial charge in [0.05, 0.1) is 24.3 Å². The Morgan fingerprint density at radius 3 is 2.02 bits per heavy atom. The molecule has 5 aromatic rings. The van der Waals surface area contributed by atoms with E-state index >= 15 is 0 Å². The molecule has 4 aromatic carbocycles. The number of halogens is 3. The van der Waals surface area contributed by atoms with Gasteiger partial charge in [-0.25, -0.2) is 0 Å². The fourth-order valence-corrected chi connectivity index (χ4v) is 5.64. The standard InChI is InChI=1S/C33H26F3NO5S/c34-33(35,36)27-15-8-18-30(21-27)43(39,40)42-28-16-7-10-24(20-28)22-37(23-29-17-9-19-41-29)32(38)31(25-11-3-1-4-12-25)26-13-5-2-6-14-26/h1-21,31H,22-23H2. The Morgan fingerprint density at radius 2 is 1.42 bits per heavy atom. The van der Waals surface area contributed by atoms with Gasteiger partial charge in [0, 0.05) is 6.54 Å². The van der Waals surface area contributed by atoms with Crippen molar-refractivity contribution < 1.29 is 35.0 Å². The molecular weight excluding hydrogens is 579 g/mol. The summed E-state index contributed by atoms with van der Waals surface area (Å²) in [5, 5.41) is 0. The number of rotatable bonds is 10. The van der Waals surface area contributed by atoms with Gasteiger partial charge in [-0.1, -0.05) is 78.9 Å². The number of alkyl halides is 3. The average molecular weight is 606 g/mol. The molecule has 0 aliphatic heterocycles. The molecule has 0 spiro atoms. The number of carbonyl (C=O) groups excluding carboxylic acids is 1. The van der Waals surface area contributed by atoms with Crippen LogP contribution in [0, 0.1) is 0 Å². The summed E-state index contributed by atoms with van der Waals surface area (Å²) in [6.45, 7) is 0.201. The molecule has 0 unspecified atom stereocenters. The highest BCUT2D eigenvalue weighted by Crippen LogP contribution is 2.32. The predicted molar refractivity (Wildman–Crippen MR) is 153 cm³/mol. The first kappa shape index (κ1) is 29.7. The van der Waals surface area contributed by atoms with Crippen molar-refractivity contribution in [1.82, 2.24) is 4.90 Å². The number of hydrogen-bond donors (Lipinski definition) is 0. The summed E-state index contributed by atoms with van der Waals surface area (Å²) in [7, 11) is -4.58. The Bertz CT molecular complexity index is 1740. The van der Waals surface area contributed by atoms with Crippen LogP contribution in [0.15, 0.2) is 137 Å². The van der Waals surface area contributed by atoms with E-state index in [0.717, 1.165) is 29.3 Å². The zero-order valence-corrected chi connectivity index (χ0v) is 23.5. The van der Waals surface area contributed by atoms with Crippen molar-refractivity contribution >= 4 is 16.0 Å². The van der Waals surface area contributed by atoms with E-state index in [1.165, 1.54) is 18.4 Å². The first-order valence-corrected chi connectivity index (χ1v) is 14.6. The molecule has 0 N–H and O–H groups in total. The van der Waals surface area contributed by atoms with Crippen LogP contribution in [0.1, 0.15) is 33.9 Å². The highest BCUT2D eigenvalue weighted by Gasteiger charge is 2.32. The molecular formula is C33H26F3NO5S. The first-order valence-electron chi connectivity index (χ1n) is 13.2. The molecule has 10 heteroatoms. The summed E-state index contributed by atoms with van der Waals surface area (Å²) in [6, 6.07) is 31.6. The van der Waals surface area contributed by atoms with E-state index in [9.17, 15) is 26.4 Å². The molecule has 0 fully saturated rings. The lowest BCUT2D eigenvalue weighted by molar-refractivity contribution is -0.137. The van der Waals surface area contributed by atoms with Gasteiger partial charge >= 0.3 is 16.3 Å². The van der Waals surface area contributed by atoms with Crippen LogP contribution in [0.25, 0.3) is 0 Å². The number of benzene rings is 4. The molecule has 0 atom stereocenters. The summed E-state index contributed by atoms with van der Waals surface area (Å²) in [5.41, 5.74) is 1.03. The first-order chi connectivity index (χ1) is 20.6. The van der Waals surface area contributed by atoms with E-state index in [1.807, 2.05) is 60.7 Å². The number of furan rings is 1. The van der Waals surface area contributed by atoms with Crippen molar-refractivity contribution in [1.29, 1.82) is 0 Å². The molecule has 1 aromatic heterocycles. The molecule has 43 heavy (non-hydrogen) atoms. The quantitative estimate of drug-likeness (QED) is 0.155. The minimum atomic E-state index is -4.72. The SMILES string of the molecule is O=C(C(c1ccccc1)c1ccccc1)N(Cc1cccc(OS(=O)(=O)c2cccc(C(F)(F)F)c2)c1)Cc1ccco1. The van der Waals surface area contributed by atoms with Gasteiger partial charge in [0.2, 0.25) is 5.91 Å². The normalized spacial score (nSPS) is 11.8. The fourth-order valence-electron chi connectivity index (χ4n) is 4.67. The zero-order valence-electron chi connectivity index (χ0n) is 22.6. The summed E-state index contributed by atoms with van der Waals surface area (Å²) >= 11 is 0. The zero-order chi connectivity index (χ0) is 30.5. The van der Waals surface area contributed by atoms with Crippen LogP contribution in [-0.4, -0.2) is 19.2 Å². The number of amides is 1. The van der Waals surface area contributed by atoms with Gasteiger partial charge in [-0.3, -0.25) is 4.79 Å². The summed E-state index contributed by atoms with van der Waals surface area (Å²) in [4.78, 5) is 15.2. The number of hydrogen-bond acceptors (Lipinski definition) is 5. The number of carbonyl (C=O) groups is 1. The lowest BCUT2D eigenvalue weighted by atomic mass is 9.90. The van der Waals surface area contributed by atoms with Gasteiger partial charge in [0.25, 0.3) is 0 Å². The second-order valence-corrected chi connectivity index (χ2v) is 11.3. The smallest absolute Gasteiger partial charge is 0.416 e. The van der Waals surface area contributed by atoms with E-state index < -0.39 is 32.7 Å². The van der Waals surface area contributed by atoms with E-state index in [1.54, 1.807) is 29.2 Å². The third-order valence-electron chi connectivity index (χ3n) is 6.68. The molecule has 0 aliphatic carbocycles. The monoisotopic (exact) mass is 605 g/mol. The Hall–Kier alpha value is -4.83. The minimum absolute atomic E-state index is 0.0660. The van der Waals surface area contributed by atoms with Crippen LogP contribution >= 0.6 is 0 Å². The molecule has 5 rings (SSSR count). The van der Waals surface area contributed by atoms with Crippen LogP contribution in [0.2, 0.25) is 0 Å². The Balaban J connectivity index is 1.44. The van der Waals surface area contributed by atoms with Gasteiger partial charge < -0.3 is 13.5 Å². The van der Waals surface area contributed by atoms with Crippen LogP contribution in [0.3, 0.4) is 0 Å². The molecule has 220 valence electrons. The summed E-state index contributed by atoms with van der Waals surface area (Å²) in [5.74, 6) is -0.398. The van der Waals surface area contributed by atoms with Crippen LogP contribution in [0.5, 0.6) is 5.75 Å². The topological polar surface area (TPSA) is 76.8 Å². The molecule has 1 heterocycles. The predicted octanol–water partition coefficient (Wildman–Crippen LogP) is 7.43. The number of nitrogens with zero attached hydrogens (tertiary/aromatic N) is 1. The molecule has 0 saturated carbocycles. The fraction of sp³-hybridized carbons (Fsp3) is 0.121. The third-order valence-corrected chi connectivity index (χ3v) is 7.92. The lowest BCUT2D eigenvalue weighted by Crippen LogP contribution is -2.34. The second kappa shape index (κ2) is 12.6. The van der Waals surface area contributed by atoms with Gasteiger partial charge in [-0.05, 0) is 59.2 Å². The molecule has 0 saturated heterocycles. The molecule has 0 bridgehead atoms. The molecule has 0 radical (unpaired) electrons. The minimum Gasteiger partial charge on any atom is -0.467 e.